The monoisotopic (exact) mass is 1020 g/mol. The molecule has 7 aromatic rings. The van der Waals surface area contributed by atoms with Gasteiger partial charge in [0.05, 0.1) is 0 Å². The van der Waals surface area contributed by atoms with E-state index in [2.05, 4.69) is 32.9 Å². The van der Waals surface area contributed by atoms with Crippen molar-refractivity contribution in [1.29, 1.82) is 0 Å². The summed E-state index contributed by atoms with van der Waals surface area (Å²) in [5, 5.41) is 0.604. The first-order valence-corrected chi connectivity index (χ1v) is 26.9. The molecule has 8 heteroatoms. The van der Waals surface area contributed by atoms with Gasteiger partial charge < -0.3 is 0 Å². The Hall–Kier alpha value is -5.66. The predicted octanol–water partition coefficient (Wildman–Crippen LogP) is 21.2. The highest BCUT2D eigenvalue weighted by Gasteiger charge is 2.23. The molecular formula is C65H68ClF7. The number of benzene rings is 7. The van der Waals surface area contributed by atoms with Crippen LogP contribution in [-0.2, 0) is 6.42 Å². The van der Waals surface area contributed by atoms with Gasteiger partial charge in [0.2, 0.25) is 0 Å². The molecule has 0 atom stereocenters. The van der Waals surface area contributed by atoms with Crippen LogP contribution in [0.2, 0.25) is 5.02 Å². The number of rotatable bonds is 14. The first kappa shape index (κ1) is 55.1. The molecule has 0 spiro atoms. The Balaban J connectivity index is 0.000000161. The summed E-state index contributed by atoms with van der Waals surface area (Å²) in [7, 11) is 0. The van der Waals surface area contributed by atoms with Gasteiger partial charge in [0.15, 0.2) is 29.1 Å². The van der Waals surface area contributed by atoms with Crippen molar-refractivity contribution in [3.05, 3.63) is 202 Å². The molecule has 0 N–H and O–H groups in total. The number of hydrogen-bond acceptors (Lipinski definition) is 0. The van der Waals surface area contributed by atoms with Gasteiger partial charge in [0.25, 0.3) is 0 Å². The molecule has 0 amide bonds. The second-order valence-electron chi connectivity index (χ2n) is 20.1. The second kappa shape index (κ2) is 27.0. The van der Waals surface area contributed by atoms with Gasteiger partial charge in [0.1, 0.15) is 11.6 Å². The van der Waals surface area contributed by atoms with E-state index in [1.54, 1.807) is 54.6 Å². The summed E-state index contributed by atoms with van der Waals surface area (Å²) in [4.78, 5) is 0. The molecule has 2 aliphatic rings. The maximum absolute atomic E-state index is 14.6. The molecule has 9 rings (SSSR count). The van der Waals surface area contributed by atoms with Crippen LogP contribution in [0, 0.1) is 52.6 Å². The van der Waals surface area contributed by atoms with Crippen LogP contribution in [0.4, 0.5) is 30.7 Å². The van der Waals surface area contributed by atoms with Crippen molar-refractivity contribution in [2.75, 3.05) is 0 Å². The largest absolute Gasteiger partial charge is 0.206 e. The summed E-state index contributed by atoms with van der Waals surface area (Å²) in [6.07, 6.45) is 19.7. The summed E-state index contributed by atoms with van der Waals surface area (Å²) >= 11 is 5.88. The zero-order valence-electron chi connectivity index (χ0n) is 42.4. The highest BCUT2D eigenvalue weighted by molar-refractivity contribution is 6.30. The van der Waals surface area contributed by atoms with Crippen LogP contribution in [0.15, 0.2) is 140 Å². The highest BCUT2D eigenvalue weighted by Crippen LogP contribution is 2.40. The van der Waals surface area contributed by atoms with Gasteiger partial charge in [0, 0.05) is 16.1 Å². The Labute approximate surface area is 434 Å². The fourth-order valence-electron chi connectivity index (χ4n) is 10.8. The molecule has 0 heterocycles. The SMILES string of the molecule is CCCC1CCC(c2ccc(-c3cc(F)c(F)c(F)c3)cc2)CC1.CCCC1CCC(c2ccc(-c3ccc(F)c(F)c3)cc2)CC1.CCCCCc1ccc(-c2ccc(-c3ccc(Cl)cc3)c(F)c2)c(F)c1. The molecule has 0 aromatic heterocycles. The van der Waals surface area contributed by atoms with Crippen LogP contribution in [0.5, 0.6) is 0 Å². The minimum absolute atomic E-state index is 0.308. The lowest BCUT2D eigenvalue weighted by molar-refractivity contribution is 0.308. The van der Waals surface area contributed by atoms with E-state index in [1.807, 2.05) is 42.5 Å². The van der Waals surface area contributed by atoms with E-state index < -0.39 is 29.1 Å². The molecule has 7 aromatic carbocycles. The Morgan fingerprint density at radius 1 is 0.370 bits per heavy atom. The Morgan fingerprint density at radius 2 is 0.808 bits per heavy atom. The third kappa shape index (κ3) is 15.2. The van der Waals surface area contributed by atoms with Crippen LogP contribution < -0.4 is 0 Å². The maximum Gasteiger partial charge on any atom is 0.194 e. The molecule has 0 saturated heterocycles. The molecule has 0 unspecified atom stereocenters. The lowest BCUT2D eigenvalue weighted by atomic mass is 9.77. The quantitative estimate of drug-likeness (QED) is 0.0579. The standard InChI is InChI=1S/C23H21ClF2.C21H23F3.C21H24F2/c1-2-3-4-5-16-6-12-21(22(25)14-16)18-9-13-20(23(26)15-18)17-7-10-19(24)11-8-17;1-2-3-14-4-6-15(7-5-14)16-8-10-17(11-9-16)18-12-19(22)21(24)20(23)13-18;1-2-3-15-4-6-16(7-5-15)17-8-10-18(11-9-17)19-12-13-20(22)21(23)14-19/h6-15H,2-5H2,1H3;8-15H,2-7H2,1H3;8-16H,2-7H2,1H3. The van der Waals surface area contributed by atoms with E-state index in [0.29, 0.717) is 44.7 Å². The summed E-state index contributed by atoms with van der Waals surface area (Å²) in [5.74, 6) is -2.97. The van der Waals surface area contributed by atoms with Crippen molar-refractivity contribution in [2.45, 2.75) is 135 Å². The maximum atomic E-state index is 14.6. The molecule has 384 valence electrons. The summed E-state index contributed by atoms with van der Waals surface area (Å²) < 4.78 is 95.3. The molecule has 2 aliphatic carbocycles. The molecule has 0 radical (unpaired) electrons. The lowest BCUT2D eigenvalue weighted by Gasteiger charge is -2.28. The van der Waals surface area contributed by atoms with Gasteiger partial charge in [-0.1, -0.05) is 162 Å². The van der Waals surface area contributed by atoms with Gasteiger partial charge in [-0.3, -0.25) is 0 Å². The van der Waals surface area contributed by atoms with E-state index in [4.69, 9.17) is 11.6 Å². The molecule has 2 fully saturated rings. The topological polar surface area (TPSA) is 0 Å². The second-order valence-corrected chi connectivity index (χ2v) is 20.5. The van der Waals surface area contributed by atoms with E-state index in [-0.39, 0.29) is 11.6 Å². The van der Waals surface area contributed by atoms with Crippen molar-refractivity contribution in [3.8, 4) is 44.5 Å². The first-order chi connectivity index (χ1) is 35.3. The van der Waals surface area contributed by atoms with E-state index >= 15 is 0 Å². The molecule has 0 bridgehead atoms. The number of hydrogen-bond donors (Lipinski definition) is 0. The fraction of sp³-hybridized carbons (Fsp3) is 0.354. The minimum atomic E-state index is -1.42. The van der Waals surface area contributed by atoms with Crippen LogP contribution in [-0.4, -0.2) is 0 Å². The van der Waals surface area contributed by atoms with Gasteiger partial charge in [-0.2, -0.15) is 0 Å². The van der Waals surface area contributed by atoms with Gasteiger partial charge in [-0.05, 0) is 186 Å². The van der Waals surface area contributed by atoms with E-state index in [1.165, 1.54) is 106 Å². The zero-order chi connectivity index (χ0) is 51.9. The van der Waals surface area contributed by atoms with Crippen LogP contribution in [0.25, 0.3) is 44.5 Å². The Bertz CT molecular complexity index is 2800. The van der Waals surface area contributed by atoms with Gasteiger partial charge in [-0.15, -0.1) is 0 Å². The van der Waals surface area contributed by atoms with Crippen molar-refractivity contribution >= 4 is 11.6 Å². The summed E-state index contributed by atoms with van der Waals surface area (Å²) in [6, 6.07) is 39.4. The third-order valence-corrected chi connectivity index (χ3v) is 15.2. The van der Waals surface area contributed by atoms with Crippen LogP contribution in [0.3, 0.4) is 0 Å². The number of unbranched alkanes of at least 4 members (excludes halogenated alkanes) is 2. The van der Waals surface area contributed by atoms with Crippen molar-refractivity contribution in [1.82, 2.24) is 0 Å². The average molecular weight is 1020 g/mol. The number of aryl methyl sites for hydroxylation is 1. The third-order valence-electron chi connectivity index (χ3n) is 15.0. The van der Waals surface area contributed by atoms with Gasteiger partial charge >= 0.3 is 0 Å². The average Bonchev–Trinajstić information content (AvgIpc) is 3.40. The lowest BCUT2D eigenvalue weighted by Crippen LogP contribution is -2.13. The minimum Gasteiger partial charge on any atom is -0.206 e. The number of halogens is 8. The Kier molecular flexibility index (Phi) is 20.4. The molecular weight excluding hydrogens is 949 g/mol. The van der Waals surface area contributed by atoms with Crippen molar-refractivity contribution in [2.24, 2.45) is 11.8 Å². The van der Waals surface area contributed by atoms with Crippen molar-refractivity contribution in [3.63, 3.8) is 0 Å². The normalized spacial score (nSPS) is 17.5. The Morgan fingerprint density at radius 3 is 1.30 bits per heavy atom. The zero-order valence-corrected chi connectivity index (χ0v) is 43.2. The smallest absolute Gasteiger partial charge is 0.194 e. The summed E-state index contributed by atoms with van der Waals surface area (Å²) in [5.41, 5.74) is 8.56. The summed E-state index contributed by atoms with van der Waals surface area (Å²) in [6.45, 7) is 6.65. The van der Waals surface area contributed by atoms with E-state index in [0.717, 1.165) is 71.9 Å². The molecule has 0 aliphatic heterocycles. The molecule has 0 nitrogen and oxygen atoms in total. The van der Waals surface area contributed by atoms with Crippen LogP contribution in [0.1, 0.15) is 146 Å². The molecule has 2 saturated carbocycles. The van der Waals surface area contributed by atoms with Crippen molar-refractivity contribution < 1.29 is 30.7 Å². The molecule has 73 heavy (non-hydrogen) atoms. The highest BCUT2D eigenvalue weighted by atomic mass is 35.5. The first-order valence-electron chi connectivity index (χ1n) is 26.5. The van der Waals surface area contributed by atoms with E-state index in [9.17, 15) is 30.7 Å². The van der Waals surface area contributed by atoms with Gasteiger partial charge in [-0.25, -0.2) is 30.7 Å². The van der Waals surface area contributed by atoms with Crippen LogP contribution >= 0.6 is 11.6 Å². The fourth-order valence-corrected chi connectivity index (χ4v) is 10.9. The predicted molar refractivity (Wildman–Crippen MR) is 288 cm³/mol.